The molecule has 0 unspecified atom stereocenters. The lowest BCUT2D eigenvalue weighted by Gasteiger charge is -2.25. The molecule has 0 aliphatic carbocycles. The first kappa shape index (κ1) is 16.7. The van der Waals surface area contributed by atoms with Crippen LogP contribution >= 0.6 is 0 Å². The van der Waals surface area contributed by atoms with E-state index in [0.717, 1.165) is 18.5 Å². The first-order valence-electron chi connectivity index (χ1n) is 7.77. The zero-order chi connectivity index (χ0) is 15.9. The Morgan fingerprint density at radius 1 is 0.955 bits per heavy atom. The van der Waals surface area contributed by atoms with Gasteiger partial charge in [-0.25, -0.2) is 4.39 Å². The zero-order valence-corrected chi connectivity index (χ0v) is 13.3. The highest BCUT2D eigenvalue weighted by Gasteiger charge is 2.12. The van der Waals surface area contributed by atoms with E-state index in [2.05, 4.69) is 36.1 Å². The smallest absolute Gasteiger partial charge is 0.123 e. The largest absolute Gasteiger partial charge is 0.392 e. The molecule has 0 amide bonds. The fourth-order valence-corrected chi connectivity index (χ4v) is 2.41. The van der Waals surface area contributed by atoms with Gasteiger partial charge in [-0.1, -0.05) is 48.9 Å². The van der Waals surface area contributed by atoms with Crippen LogP contribution in [0.1, 0.15) is 30.0 Å². The molecule has 0 aromatic heterocycles. The highest BCUT2D eigenvalue weighted by Crippen LogP contribution is 2.13. The predicted octanol–water partition coefficient (Wildman–Crippen LogP) is 3.91. The molecule has 0 saturated heterocycles. The Morgan fingerprint density at radius 3 is 1.95 bits per heavy atom. The lowest BCUT2D eigenvalue weighted by Crippen LogP contribution is -2.31. The molecule has 2 aromatic carbocycles. The Hall–Kier alpha value is -1.71. The van der Waals surface area contributed by atoms with E-state index >= 15 is 0 Å². The van der Waals surface area contributed by atoms with Crippen molar-refractivity contribution in [2.75, 3.05) is 6.54 Å². The number of nitrogens with zero attached hydrogens (tertiary/aromatic N) is 1. The number of hydrogen-bond donors (Lipinski definition) is 1. The zero-order valence-electron chi connectivity index (χ0n) is 13.3. The monoisotopic (exact) mass is 301 g/mol. The van der Waals surface area contributed by atoms with Gasteiger partial charge < -0.3 is 5.11 Å². The van der Waals surface area contributed by atoms with Gasteiger partial charge >= 0.3 is 0 Å². The van der Waals surface area contributed by atoms with E-state index in [1.54, 1.807) is 12.1 Å². The van der Waals surface area contributed by atoms with Crippen LogP contribution in [0.2, 0.25) is 0 Å². The van der Waals surface area contributed by atoms with Gasteiger partial charge in [0.05, 0.1) is 6.10 Å². The summed E-state index contributed by atoms with van der Waals surface area (Å²) in [6, 6.07) is 15.0. The molecule has 0 bridgehead atoms. The summed E-state index contributed by atoms with van der Waals surface area (Å²) in [5.41, 5.74) is 3.51. The third kappa shape index (κ3) is 5.24. The van der Waals surface area contributed by atoms with E-state index in [-0.39, 0.29) is 11.9 Å². The SMILES string of the molecule is CC[C@@H](O)CN(Cc1ccc(C)cc1)Cc1ccc(F)cc1. The molecule has 2 rings (SSSR count). The summed E-state index contributed by atoms with van der Waals surface area (Å²) in [4.78, 5) is 2.20. The van der Waals surface area contributed by atoms with Crippen LogP contribution in [0.5, 0.6) is 0 Å². The van der Waals surface area contributed by atoms with Gasteiger partial charge in [-0.15, -0.1) is 0 Å². The van der Waals surface area contributed by atoms with Gasteiger partial charge in [0, 0.05) is 19.6 Å². The number of rotatable bonds is 7. The first-order valence-corrected chi connectivity index (χ1v) is 7.77. The van der Waals surface area contributed by atoms with Crippen molar-refractivity contribution in [2.24, 2.45) is 0 Å². The fraction of sp³-hybridized carbons (Fsp3) is 0.368. The highest BCUT2D eigenvalue weighted by atomic mass is 19.1. The summed E-state index contributed by atoms with van der Waals surface area (Å²) in [6.45, 7) is 6.13. The van der Waals surface area contributed by atoms with E-state index in [9.17, 15) is 9.50 Å². The number of aliphatic hydroxyl groups is 1. The van der Waals surface area contributed by atoms with Crippen LogP contribution in [0.3, 0.4) is 0 Å². The van der Waals surface area contributed by atoms with Gasteiger partial charge in [0.15, 0.2) is 0 Å². The fourth-order valence-electron chi connectivity index (χ4n) is 2.41. The van der Waals surface area contributed by atoms with Crippen LogP contribution in [0.4, 0.5) is 4.39 Å². The van der Waals surface area contributed by atoms with Crippen molar-refractivity contribution in [2.45, 2.75) is 39.5 Å². The summed E-state index contributed by atoms with van der Waals surface area (Å²) >= 11 is 0. The third-order valence-corrected chi connectivity index (χ3v) is 3.79. The van der Waals surface area contributed by atoms with Crippen molar-refractivity contribution in [3.63, 3.8) is 0 Å². The van der Waals surface area contributed by atoms with E-state index < -0.39 is 0 Å². The quantitative estimate of drug-likeness (QED) is 0.838. The maximum absolute atomic E-state index is 13.0. The van der Waals surface area contributed by atoms with Crippen molar-refractivity contribution < 1.29 is 9.50 Å². The van der Waals surface area contributed by atoms with Gasteiger partial charge in [-0.2, -0.15) is 0 Å². The molecular weight excluding hydrogens is 277 g/mol. The summed E-state index contributed by atoms with van der Waals surface area (Å²) in [5.74, 6) is -0.220. The molecule has 0 aliphatic heterocycles. The highest BCUT2D eigenvalue weighted by molar-refractivity contribution is 5.22. The second kappa shape index (κ2) is 8.06. The second-order valence-electron chi connectivity index (χ2n) is 5.84. The molecule has 0 spiro atoms. The third-order valence-electron chi connectivity index (χ3n) is 3.79. The van der Waals surface area contributed by atoms with Crippen LogP contribution in [-0.2, 0) is 13.1 Å². The van der Waals surface area contributed by atoms with E-state index in [1.165, 1.54) is 23.3 Å². The number of hydrogen-bond acceptors (Lipinski definition) is 2. The molecule has 2 nitrogen and oxygen atoms in total. The van der Waals surface area contributed by atoms with E-state index in [1.807, 2.05) is 6.92 Å². The molecule has 2 aromatic rings. The molecule has 0 fully saturated rings. The number of aliphatic hydroxyl groups excluding tert-OH is 1. The molecule has 1 atom stereocenters. The summed E-state index contributed by atoms with van der Waals surface area (Å²) < 4.78 is 13.0. The first-order chi connectivity index (χ1) is 10.6. The minimum Gasteiger partial charge on any atom is -0.392 e. The average Bonchev–Trinajstić information content (AvgIpc) is 2.51. The number of aryl methyl sites for hydroxylation is 1. The molecular formula is C19H24FNO. The minimum atomic E-state index is -0.342. The van der Waals surface area contributed by atoms with Crippen LogP contribution in [-0.4, -0.2) is 22.7 Å². The molecule has 3 heteroatoms. The predicted molar refractivity (Wildman–Crippen MR) is 88.0 cm³/mol. The molecule has 22 heavy (non-hydrogen) atoms. The number of benzene rings is 2. The van der Waals surface area contributed by atoms with Crippen molar-refractivity contribution in [1.82, 2.24) is 4.90 Å². The Labute approximate surface area is 132 Å². The van der Waals surface area contributed by atoms with E-state index in [0.29, 0.717) is 13.1 Å². The van der Waals surface area contributed by atoms with Crippen LogP contribution in [0.15, 0.2) is 48.5 Å². The summed E-state index contributed by atoms with van der Waals surface area (Å²) in [5, 5.41) is 9.97. The maximum Gasteiger partial charge on any atom is 0.123 e. The van der Waals surface area contributed by atoms with Gasteiger partial charge in [-0.05, 0) is 36.6 Å². The summed E-state index contributed by atoms with van der Waals surface area (Å²) in [7, 11) is 0. The summed E-state index contributed by atoms with van der Waals surface area (Å²) in [6.07, 6.45) is 0.388. The lowest BCUT2D eigenvalue weighted by molar-refractivity contribution is 0.101. The molecule has 0 radical (unpaired) electrons. The van der Waals surface area contributed by atoms with Crippen LogP contribution in [0.25, 0.3) is 0 Å². The number of halogens is 1. The van der Waals surface area contributed by atoms with Crippen LogP contribution < -0.4 is 0 Å². The topological polar surface area (TPSA) is 23.5 Å². The second-order valence-corrected chi connectivity index (χ2v) is 5.84. The van der Waals surface area contributed by atoms with Gasteiger partial charge in [-0.3, -0.25) is 4.90 Å². The average molecular weight is 301 g/mol. The lowest BCUT2D eigenvalue weighted by atomic mass is 10.1. The Kier molecular flexibility index (Phi) is 6.10. The van der Waals surface area contributed by atoms with Crippen molar-refractivity contribution in [1.29, 1.82) is 0 Å². The Morgan fingerprint density at radius 2 is 1.45 bits per heavy atom. The van der Waals surface area contributed by atoms with E-state index in [4.69, 9.17) is 0 Å². The maximum atomic E-state index is 13.0. The van der Waals surface area contributed by atoms with Crippen molar-refractivity contribution >= 4 is 0 Å². The molecule has 1 N–H and O–H groups in total. The normalized spacial score (nSPS) is 12.6. The Bertz CT molecular complexity index is 517. The van der Waals surface area contributed by atoms with Gasteiger partial charge in [0.1, 0.15) is 5.82 Å². The molecule has 0 aliphatic rings. The molecule has 0 heterocycles. The molecule has 118 valence electrons. The Balaban J connectivity index is 2.07. The van der Waals surface area contributed by atoms with Crippen LogP contribution in [0, 0.1) is 12.7 Å². The van der Waals surface area contributed by atoms with Gasteiger partial charge in [0.25, 0.3) is 0 Å². The van der Waals surface area contributed by atoms with Crippen molar-refractivity contribution in [3.8, 4) is 0 Å². The minimum absolute atomic E-state index is 0.220. The standard InChI is InChI=1S/C19H24FNO/c1-3-19(22)14-21(12-16-6-4-15(2)5-7-16)13-17-8-10-18(20)11-9-17/h4-11,19,22H,3,12-14H2,1-2H3/t19-/m1/s1. The van der Waals surface area contributed by atoms with Gasteiger partial charge in [0.2, 0.25) is 0 Å². The van der Waals surface area contributed by atoms with Crippen molar-refractivity contribution in [3.05, 3.63) is 71.0 Å². The molecule has 0 saturated carbocycles.